The Labute approximate surface area is 113 Å². The largest absolute Gasteiger partial charge is 0.311 e. The number of carbonyl (C=O) groups is 1. The van der Waals surface area contributed by atoms with Crippen molar-refractivity contribution in [3.63, 3.8) is 0 Å². The average Bonchev–Trinajstić information content (AvgIpc) is 2.40. The SMILES string of the molecule is CSCC(C)C(=O)N(CCC#N)c1ccccc1. The molecule has 3 nitrogen and oxygen atoms in total. The summed E-state index contributed by atoms with van der Waals surface area (Å²) < 4.78 is 0. The molecule has 0 spiro atoms. The molecule has 0 aromatic heterocycles. The summed E-state index contributed by atoms with van der Waals surface area (Å²) in [6.45, 7) is 2.39. The number of thioether (sulfide) groups is 1. The van der Waals surface area contributed by atoms with Crippen molar-refractivity contribution in [3.8, 4) is 6.07 Å². The smallest absolute Gasteiger partial charge is 0.230 e. The first-order valence-electron chi connectivity index (χ1n) is 5.93. The minimum atomic E-state index is -0.0288. The average molecular weight is 262 g/mol. The van der Waals surface area contributed by atoms with Crippen LogP contribution < -0.4 is 4.90 Å². The van der Waals surface area contributed by atoms with Gasteiger partial charge in [-0.3, -0.25) is 4.79 Å². The third-order valence-corrected chi connectivity index (χ3v) is 3.45. The zero-order valence-electron chi connectivity index (χ0n) is 10.8. The number of para-hydroxylation sites is 1. The van der Waals surface area contributed by atoms with Crippen LogP contribution >= 0.6 is 11.8 Å². The van der Waals surface area contributed by atoms with E-state index in [1.165, 1.54) is 0 Å². The van der Waals surface area contributed by atoms with Crippen LogP contribution in [0.5, 0.6) is 0 Å². The Balaban J connectivity index is 2.85. The van der Waals surface area contributed by atoms with Crippen LogP contribution in [0.15, 0.2) is 30.3 Å². The maximum absolute atomic E-state index is 12.3. The molecule has 0 aliphatic heterocycles. The van der Waals surface area contributed by atoms with Crippen LogP contribution in [-0.4, -0.2) is 24.5 Å². The summed E-state index contributed by atoms with van der Waals surface area (Å²) in [5.41, 5.74) is 0.866. The van der Waals surface area contributed by atoms with Crippen molar-refractivity contribution in [1.82, 2.24) is 0 Å². The monoisotopic (exact) mass is 262 g/mol. The predicted octanol–water partition coefficient (Wildman–Crippen LogP) is 2.93. The summed E-state index contributed by atoms with van der Waals surface area (Å²) in [6.07, 6.45) is 2.35. The molecule has 0 fully saturated rings. The molecule has 0 heterocycles. The van der Waals surface area contributed by atoms with Crippen LogP contribution in [0.4, 0.5) is 5.69 Å². The lowest BCUT2D eigenvalue weighted by Crippen LogP contribution is -2.36. The Morgan fingerprint density at radius 2 is 2.11 bits per heavy atom. The molecule has 1 unspecified atom stereocenters. The summed E-state index contributed by atoms with van der Waals surface area (Å²) in [5, 5.41) is 8.69. The van der Waals surface area contributed by atoms with Crippen molar-refractivity contribution in [2.75, 3.05) is 23.5 Å². The number of hydrogen-bond acceptors (Lipinski definition) is 3. The molecule has 0 bridgehead atoms. The molecule has 96 valence electrons. The van der Waals surface area contributed by atoms with Gasteiger partial charge in [0.15, 0.2) is 0 Å². The van der Waals surface area contributed by atoms with E-state index in [0.717, 1.165) is 11.4 Å². The number of nitriles is 1. The van der Waals surface area contributed by atoms with Gasteiger partial charge in [0.1, 0.15) is 0 Å². The lowest BCUT2D eigenvalue weighted by molar-refractivity contribution is -0.121. The Morgan fingerprint density at radius 1 is 1.44 bits per heavy atom. The van der Waals surface area contributed by atoms with E-state index in [-0.39, 0.29) is 11.8 Å². The Morgan fingerprint density at radius 3 is 2.67 bits per heavy atom. The number of rotatable bonds is 6. The second-order valence-electron chi connectivity index (χ2n) is 4.09. The highest BCUT2D eigenvalue weighted by Crippen LogP contribution is 2.18. The van der Waals surface area contributed by atoms with Crippen molar-refractivity contribution in [2.24, 2.45) is 5.92 Å². The van der Waals surface area contributed by atoms with Crippen LogP contribution in [0.2, 0.25) is 0 Å². The number of carbonyl (C=O) groups excluding carboxylic acids is 1. The van der Waals surface area contributed by atoms with Crippen molar-refractivity contribution in [3.05, 3.63) is 30.3 Å². The first-order valence-corrected chi connectivity index (χ1v) is 7.32. The van der Waals surface area contributed by atoms with Crippen molar-refractivity contribution in [1.29, 1.82) is 5.26 Å². The van der Waals surface area contributed by atoms with Gasteiger partial charge in [0.2, 0.25) is 5.91 Å². The van der Waals surface area contributed by atoms with Crippen LogP contribution in [0.25, 0.3) is 0 Å². The lowest BCUT2D eigenvalue weighted by atomic mass is 10.1. The van der Waals surface area contributed by atoms with Gasteiger partial charge < -0.3 is 4.90 Å². The molecule has 1 rings (SSSR count). The standard InChI is InChI=1S/C14H18N2OS/c1-12(11-18-2)14(17)16(10-6-9-15)13-7-4-3-5-8-13/h3-5,7-8,12H,6,10-11H2,1-2H3. The highest BCUT2D eigenvalue weighted by molar-refractivity contribution is 7.98. The number of nitrogens with zero attached hydrogens (tertiary/aromatic N) is 2. The number of hydrogen-bond donors (Lipinski definition) is 0. The molecule has 1 aromatic rings. The molecule has 4 heteroatoms. The van der Waals surface area contributed by atoms with Crippen molar-refractivity contribution >= 4 is 23.4 Å². The van der Waals surface area contributed by atoms with Crippen LogP contribution in [-0.2, 0) is 4.79 Å². The third kappa shape index (κ3) is 4.08. The summed E-state index contributed by atoms with van der Waals surface area (Å²) in [7, 11) is 0. The van der Waals surface area contributed by atoms with E-state index in [9.17, 15) is 4.79 Å². The van der Waals surface area contributed by atoms with Crippen LogP contribution in [0.3, 0.4) is 0 Å². The first-order chi connectivity index (χ1) is 8.70. The van der Waals surface area contributed by atoms with E-state index in [1.54, 1.807) is 16.7 Å². The minimum Gasteiger partial charge on any atom is -0.311 e. The summed E-state index contributed by atoms with van der Waals surface area (Å²) in [6, 6.07) is 11.6. The van der Waals surface area contributed by atoms with Crippen LogP contribution in [0.1, 0.15) is 13.3 Å². The number of anilines is 1. The fraction of sp³-hybridized carbons (Fsp3) is 0.429. The molecule has 0 N–H and O–H groups in total. The quantitative estimate of drug-likeness (QED) is 0.791. The third-order valence-electron chi connectivity index (χ3n) is 2.62. The molecule has 0 radical (unpaired) electrons. The molecule has 1 amide bonds. The minimum absolute atomic E-state index is 0.0288. The van der Waals surface area contributed by atoms with Gasteiger partial charge in [-0.15, -0.1) is 0 Å². The summed E-state index contributed by atoms with van der Waals surface area (Å²) in [5.74, 6) is 0.860. The molecular formula is C14H18N2OS. The van der Waals surface area contributed by atoms with Gasteiger partial charge in [-0.05, 0) is 18.4 Å². The maximum Gasteiger partial charge on any atom is 0.230 e. The van der Waals surface area contributed by atoms with Crippen molar-refractivity contribution < 1.29 is 4.79 Å². The summed E-state index contributed by atoms with van der Waals surface area (Å²) in [4.78, 5) is 14.1. The molecule has 0 saturated heterocycles. The second-order valence-corrected chi connectivity index (χ2v) is 5.00. The fourth-order valence-corrected chi connectivity index (χ4v) is 2.37. The van der Waals surface area contributed by atoms with E-state index in [2.05, 4.69) is 6.07 Å². The summed E-state index contributed by atoms with van der Waals surface area (Å²) >= 11 is 1.66. The molecule has 0 aliphatic carbocycles. The van der Waals surface area contributed by atoms with E-state index >= 15 is 0 Å². The normalized spacial score (nSPS) is 11.6. The molecule has 0 aliphatic rings. The maximum atomic E-state index is 12.3. The van der Waals surface area contributed by atoms with E-state index in [0.29, 0.717) is 13.0 Å². The van der Waals surface area contributed by atoms with Crippen LogP contribution in [0, 0.1) is 17.2 Å². The zero-order valence-corrected chi connectivity index (χ0v) is 11.6. The Kier molecular flexibility index (Phi) is 6.31. The zero-order chi connectivity index (χ0) is 13.4. The van der Waals surface area contributed by atoms with Gasteiger partial charge in [0, 0.05) is 23.9 Å². The van der Waals surface area contributed by atoms with E-state index < -0.39 is 0 Å². The van der Waals surface area contributed by atoms with Gasteiger partial charge >= 0.3 is 0 Å². The second kappa shape index (κ2) is 7.78. The highest BCUT2D eigenvalue weighted by atomic mass is 32.2. The molecule has 1 atom stereocenters. The topological polar surface area (TPSA) is 44.1 Å². The first kappa shape index (κ1) is 14.6. The predicted molar refractivity (Wildman–Crippen MR) is 76.6 cm³/mol. The lowest BCUT2D eigenvalue weighted by Gasteiger charge is -2.24. The highest BCUT2D eigenvalue weighted by Gasteiger charge is 2.21. The van der Waals surface area contributed by atoms with Crippen molar-refractivity contribution in [2.45, 2.75) is 13.3 Å². The fourth-order valence-electron chi connectivity index (χ4n) is 1.72. The van der Waals surface area contributed by atoms with Gasteiger partial charge in [-0.2, -0.15) is 17.0 Å². The Bertz CT molecular complexity index is 414. The molecular weight excluding hydrogens is 244 g/mol. The van der Waals surface area contributed by atoms with Gasteiger partial charge in [0.25, 0.3) is 0 Å². The molecule has 0 saturated carbocycles. The van der Waals surface area contributed by atoms with Gasteiger partial charge in [0.05, 0.1) is 12.5 Å². The molecule has 18 heavy (non-hydrogen) atoms. The number of amides is 1. The van der Waals surface area contributed by atoms with Gasteiger partial charge in [-0.25, -0.2) is 0 Å². The van der Waals surface area contributed by atoms with E-state index in [4.69, 9.17) is 5.26 Å². The van der Waals surface area contributed by atoms with Gasteiger partial charge in [-0.1, -0.05) is 25.1 Å². The number of benzene rings is 1. The molecule has 1 aromatic carbocycles. The Hall–Kier alpha value is -1.47. The van der Waals surface area contributed by atoms with E-state index in [1.807, 2.05) is 43.5 Å².